The molecule has 1 heterocycles. The average Bonchev–Trinajstić information content (AvgIpc) is 2.66. The van der Waals surface area contributed by atoms with E-state index in [0.29, 0.717) is 0 Å². The smallest absolute Gasteiger partial charge is 0.134 e. The Balaban J connectivity index is 1.83. The maximum Gasteiger partial charge on any atom is 0.134 e. The van der Waals surface area contributed by atoms with Gasteiger partial charge in [0.2, 0.25) is 0 Å². The Morgan fingerprint density at radius 3 is 2.88 bits per heavy atom. The third-order valence-corrected chi connectivity index (χ3v) is 2.84. The molecule has 2 rings (SSSR count). The van der Waals surface area contributed by atoms with Crippen LogP contribution in [-0.4, -0.2) is 30.1 Å². The number of likely N-dealkylation sites (tertiary alicyclic amines) is 1. The maximum absolute atomic E-state index is 10.4. The minimum absolute atomic E-state index is 0.0220. The molecule has 1 fully saturated rings. The lowest BCUT2D eigenvalue weighted by atomic mass is 10.2. The second-order valence-electron chi connectivity index (χ2n) is 4.14. The topological polar surface area (TPSA) is 55.4 Å². The monoisotopic (exact) mass is 219 g/mol. The van der Waals surface area contributed by atoms with E-state index in [9.17, 15) is 9.90 Å². The van der Waals surface area contributed by atoms with E-state index >= 15 is 0 Å². The number of benzene rings is 1. The Kier molecular flexibility index (Phi) is 3.41. The SMILES string of the molecule is O=C([O-])NC1CCN(Cc2ccccc2)C1. The van der Waals surface area contributed by atoms with Gasteiger partial charge in [-0.25, -0.2) is 0 Å². The van der Waals surface area contributed by atoms with Gasteiger partial charge in [-0.1, -0.05) is 30.3 Å². The predicted molar refractivity (Wildman–Crippen MR) is 58.7 cm³/mol. The van der Waals surface area contributed by atoms with Gasteiger partial charge in [0.1, 0.15) is 6.09 Å². The van der Waals surface area contributed by atoms with E-state index in [1.54, 1.807) is 0 Å². The van der Waals surface area contributed by atoms with Crippen molar-refractivity contribution in [1.29, 1.82) is 0 Å². The molecular formula is C12H15N2O2-. The predicted octanol–water partition coefficient (Wildman–Crippen LogP) is 0.194. The Bertz CT molecular complexity index is 353. The highest BCUT2D eigenvalue weighted by molar-refractivity contribution is 5.62. The van der Waals surface area contributed by atoms with Crippen molar-refractivity contribution in [2.45, 2.75) is 19.0 Å². The summed E-state index contributed by atoms with van der Waals surface area (Å²) in [6.07, 6.45) is -0.313. The van der Waals surface area contributed by atoms with Crippen LogP contribution in [0.3, 0.4) is 0 Å². The van der Waals surface area contributed by atoms with Crippen molar-refractivity contribution in [3.8, 4) is 0 Å². The zero-order chi connectivity index (χ0) is 11.4. The van der Waals surface area contributed by atoms with Crippen molar-refractivity contribution in [1.82, 2.24) is 10.2 Å². The Hall–Kier alpha value is -1.55. The first-order valence-corrected chi connectivity index (χ1v) is 5.48. The van der Waals surface area contributed by atoms with Crippen LogP contribution in [0.4, 0.5) is 4.79 Å². The van der Waals surface area contributed by atoms with E-state index in [1.807, 2.05) is 18.2 Å². The molecule has 1 atom stereocenters. The van der Waals surface area contributed by atoms with Gasteiger partial charge in [0, 0.05) is 25.7 Å². The highest BCUT2D eigenvalue weighted by Gasteiger charge is 2.21. The van der Waals surface area contributed by atoms with Crippen LogP contribution in [0.1, 0.15) is 12.0 Å². The largest absolute Gasteiger partial charge is 0.530 e. The van der Waals surface area contributed by atoms with Crippen LogP contribution in [0.25, 0.3) is 0 Å². The van der Waals surface area contributed by atoms with Crippen LogP contribution >= 0.6 is 0 Å². The van der Waals surface area contributed by atoms with E-state index in [-0.39, 0.29) is 6.04 Å². The zero-order valence-electron chi connectivity index (χ0n) is 9.06. The van der Waals surface area contributed by atoms with E-state index in [4.69, 9.17) is 0 Å². The summed E-state index contributed by atoms with van der Waals surface area (Å²) >= 11 is 0. The molecule has 0 spiro atoms. The van der Waals surface area contributed by atoms with E-state index in [2.05, 4.69) is 22.3 Å². The second-order valence-corrected chi connectivity index (χ2v) is 4.14. The fourth-order valence-electron chi connectivity index (χ4n) is 2.10. The van der Waals surface area contributed by atoms with Crippen molar-refractivity contribution >= 4 is 6.09 Å². The van der Waals surface area contributed by atoms with Crippen molar-refractivity contribution < 1.29 is 9.90 Å². The van der Waals surface area contributed by atoms with E-state index in [1.165, 1.54) is 5.56 Å². The quantitative estimate of drug-likeness (QED) is 0.789. The Morgan fingerprint density at radius 1 is 1.44 bits per heavy atom. The average molecular weight is 219 g/mol. The summed E-state index contributed by atoms with van der Waals surface area (Å²) in [5.74, 6) is 0. The molecule has 0 saturated carbocycles. The molecule has 16 heavy (non-hydrogen) atoms. The van der Waals surface area contributed by atoms with Crippen LogP contribution in [0.2, 0.25) is 0 Å². The van der Waals surface area contributed by atoms with Crippen LogP contribution in [0.15, 0.2) is 30.3 Å². The molecular weight excluding hydrogens is 204 g/mol. The number of amides is 1. The number of nitrogens with zero attached hydrogens (tertiary/aromatic N) is 1. The molecule has 1 saturated heterocycles. The maximum atomic E-state index is 10.4. The Labute approximate surface area is 94.9 Å². The van der Waals surface area contributed by atoms with Crippen molar-refractivity contribution in [2.75, 3.05) is 13.1 Å². The van der Waals surface area contributed by atoms with Crippen LogP contribution in [-0.2, 0) is 6.54 Å². The number of hydrogen-bond acceptors (Lipinski definition) is 3. The summed E-state index contributed by atoms with van der Waals surface area (Å²) in [4.78, 5) is 12.6. The van der Waals surface area contributed by atoms with Gasteiger partial charge in [-0.3, -0.25) is 4.90 Å². The van der Waals surface area contributed by atoms with Crippen LogP contribution in [0, 0.1) is 0 Å². The van der Waals surface area contributed by atoms with Gasteiger partial charge in [-0.15, -0.1) is 0 Å². The fraction of sp³-hybridized carbons (Fsp3) is 0.417. The number of carbonyl (C=O) groups is 1. The first-order chi connectivity index (χ1) is 7.74. The number of carbonyl (C=O) groups excluding carboxylic acids is 1. The number of rotatable bonds is 3. The number of hydrogen-bond donors (Lipinski definition) is 1. The molecule has 1 aromatic carbocycles. The molecule has 1 N–H and O–H groups in total. The highest BCUT2D eigenvalue weighted by Crippen LogP contribution is 2.13. The highest BCUT2D eigenvalue weighted by atomic mass is 16.4. The molecule has 0 aromatic heterocycles. The summed E-state index contributed by atoms with van der Waals surface area (Å²) in [6, 6.07) is 10.2. The lowest BCUT2D eigenvalue weighted by Gasteiger charge is -2.17. The fourth-order valence-corrected chi connectivity index (χ4v) is 2.10. The van der Waals surface area contributed by atoms with Gasteiger partial charge in [0.15, 0.2) is 0 Å². The van der Waals surface area contributed by atoms with Gasteiger partial charge >= 0.3 is 0 Å². The van der Waals surface area contributed by atoms with Crippen LogP contribution in [0.5, 0.6) is 0 Å². The summed E-state index contributed by atoms with van der Waals surface area (Å²) in [7, 11) is 0. The molecule has 1 unspecified atom stereocenters. The molecule has 0 bridgehead atoms. The molecule has 0 aliphatic carbocycles. The molecule has 4 nitrogen and oxygen atoms in total. The van der Waals surface area contributed by atoms with Crippen LogP contribution < -0.4 is 10.4 Å². The first kappa shape index (κ1) is 11.0. The lowest BCUT2D eigenvalue weighted by molar-refractivity contribution is -0.251. The molecule has 0 radical (unpaired) electrons. The third kappa shape index (κ3) is 2.97. The van der Waals surface area contributed by atoms with Gasteiger partial charge in [-0.05, 0) is 12.0 Å². The molecule has 86 valence electrons. The molecule has 1 amide bonds. The minimum atomic E-state index is -1.17. The van der Waals surface area contributed by atoms with Gasteiger partial charge in [-0.2, -0.15) is 0 Å². The molecule has 1 aliphatic heterocycles. The first-order valence-electron chi connectivity index (χ1n) is 5.48. The van der Waals surface area contributed by atoms with Crippen molar-refractivity contribution in [2.24, 2.45) is 0 Å². The summed E-state index contributed by atoms with van der Waals surface area (Å²) in [5, 5.41) is 12.8. The van der Waals surface area contributed by atoms with Crippen molar-refractivity contribution in [3.05, 3.63) is 35.9 Å². The normalized spacial score (nSPS) is 20.9. The third-order valence-electron chi connectivity index (χ3n) is 2.84. The molecule has 1 aromatic rings. The number of carboxylic acid groups (broad SMARTS) is 1. The van der Waals surface area contributed by atoms with Crippen molar-refractivity contribution in [3.63, 3.8) is 0 Å². The van der Waals surface area contributed by atoms with Gasteiger partial charge in [0.05, 0.1) is 0 Å². The summed E-state index contributed by atoms with van der Waals surface area (Å²) in [5.41, 5.74) is 1.26. The number of nitrogens with one attached hydrogen (secondary N) is 1. The van der Waals surface area contributed by atoms with Gasteiger partial charge < -0.3 is 15.2 Å². The van der Waals surface area contributed by atoms with Gasteiger partial charge in [0.25, 0.3) is 0 Å². The minimum Gasteiger partial charge on any atom is -0.530 e. The zero-order valence-corrected chi connectivity index (χ0v) is 9.06. The van der Waals surface area contributed by atoms with E-state index in [0.717, 1.165) is 26.1 Å². The second kappa shape index (κ2) is 4.99. The Morgan fingerprint density at radius 2 is 2.19 bits per heavy atom. The summed E-state index contributed by atoms with van der Waals surface area (Å²) in [6.45, 7) is 2.58. The summed E-state index contributed by atoms with van der Waals surface area (Å²) < 4.78 is 0. The molecule has 1 aliphatic rings. The molecule has 4 heteroatoms. The standard InChI is InChI=1S/C12H16N2O2/c15-12(16)13-11-6-7-14(9-11)8-10-4-2-1-3-5-10/h1-5,11,13H,6-9H2,(H,15,16)/p-1. The van der Waals surface area contributed by atoms with E-state index < -0.39 is 6.09 Å². The lowest BCUT2D eigenvalue weighted by Crippen LogP contribution is -2.44.